The zero-order valence-electron chi connectivity index (χ0n) is 11.1. The SMILES string of the molecule is Cc1ccc(NCc2ccc(Cl)c(F)c2)cc1C(F)(F)F. The van der Waals surface area contributed by atoms with Gasteiger partial charge in [-0.15, -0.1) is 0 Å². The number of hydrogen-bond donors (Lipinski definition) is 1. The lowest BCUT2D eigenvalue weighted by atomic mass is 10.1. The summed E-state index contributed by atoms with van der Waals surface area (Å²) in [5.74, 6) is -0.559. The second kappa shape index (κ2) is 5.93. The van der Waals surface area contributed by atoms with E-state index in [0.29, 0.717) is 11.3 Å². The van der Waals surface area contributed by atoms with Gasteiger partial charge in [0.1, 0.15) is 5.82 Å². The first kappa shape index (κ1) is 15.6. The van der Waals surface area contributed by atoms with Crippen molar-refractivity contribution in [3.63, 3.8) is 0 Å². The van der Waals surface area contributed by atoms with Gasteiger partial charge in [0.05, 0.1) is 10.6 Å². The van der Waals surface area contributed by atoms with Crippen molar-refractivity contribution < 1.29 is 17.6 Å². The van der Waals surface area contributed by atoms with Crippen LogP contribution in [0.15, 0.2) is 36.4 Å². The summed E-state index contributed by atoms with van der Waals surface area (Å²) < 4.78 is 51.7. The topological polar surface area (TPSA) is 12.0 Å². The first-order chi connectivity index (χ1) is 9.77. The highest BCUT2D eigenvalue weighted by atomic mass is 35.5. The van der Waals surface area contributed by atoms with Crippen LogP contribution in [0.4, 0.5) is 23.2 Å². The second-order valence-corrected chi connectivity index (χ2v) is 5.04. The highest BCUT2D eigenvalue weighted by Gasteiger charge is 2.32. The van der Waals surface area contributed by atoms with Crippen LogP contribution < -0.4 is 5.32 Å². The van der Waals surface area contributed by atoms with E-state index >= 15 is 0 Å². The first-order valence-corrected chi connectivity index (χ1v) is 6.51. The highest BCUT2D eigenvalue weighted by molar-refractivity contribution is 6.30. The molecule has 0 heterocycles. The van der Waals surface area contributed by atoms with Crippen molar-refractivity contribution in [2.45, 2.75) is 19.6 Å². The summed E-state index contributed by atoms with van der Waals surface area (Å²) in [7, 11) is 0. The molecule has 0 fully saturated rings. The van der Waals surface area contributed by atoms with Crippen LogP contribution in [-0.2, 0) is 12.7 Å². The van der Waals surface area contributed by atoms with Crippen molar-refractivity contribution in [1.29, 1.82) is 0 Å². The highest BCUT2D eigenvalue weighted by Crippen LogP contribution is 2.33. The van der Waals surface area contributed by atoms with Crippen LogP contribution in [0.25, 0.3) is 0 Å². The minimum Gasteiger partial charge on any atom is -0.381 e. The Kier molecular flexibility index (Phi) is 4.42. The van der Waals surface area contributed by atoms with E-state index in [9.17, 15) is 17.6 Å². The molecule has 1 nitrogen and oxygen atoms in total. The van der Waals surface area contributed by atoms with E-state index in [2.05, 4.69) is 5.32 Å². The molecule has 0 aromatic heterocycles. The molecule has 0 atom stereocenters. The summed E-state index contributed by atoms with van der Waals surface area (Å²) in [4.78, 5) is 0. The molecule has 0 saturated heterocycles. The summed E-state index contributed by atoms with van der Waals surface area (Å²) in [6, 6.07) is 8.25. The van der Waals surface area contributed by atoms with Gasteiger partial charge in [-0.05, 0) is 42.3 Å². The number of alkyl halides is 3. The predicted octanol–water partition coefficient (Wildman–Crippen LogP) is 5.42. The molecule has 2 rings (SSSR count). The van der Waals surface area contributed by atoms with E-state index in [1.165, 1.54) is 25.1 Å². The molecule has 2 aromatic rings. The molecule has 112 valence electrons. The van der Waals surface area contributed by atoms with Crippen LogP contribution in [-0.4, -0.2) is 0 Å². The zero-order valence-corrected chi connectivity index (χ0v) is 11.8. The first-order valence-electron chi connectivity index (χ1n) is 6.13. The van der Waals surface area contributed by atoms with Crippen molar-refractivity contribution in [3.05, 3.63) is 63.9 Å². The number of hydrogen-bond acceptors (Lipinski definition) is 1. The van der Waals surface area contributed by atoms with Gasteiger partial charge in [0, 0.05) is 12.2 Å². The average Bonchev–Trinajstić information content (AvgIpc) is 2.40. The van der Waals surface area contributed by atoms with Gasteiger partial charge in [0.2, 0.25) is 0 Å². The largest absolute Gasteiger partial charge is 0.416 e. The lowest BCUT2D eigenvalue weighted by Crippen LogP contribution is -2.09. The Hall–Kier alpha value is -1.75. The maximum Gasteiger partial charge on any atom is 0.416 e. The molecule has 1 N–H and O–H groups in total. The number of halogens is 5. The molecule has 6 heteroatoms. The van der Waals surface area contributed by atoms with E-state index in [1.54, 1.807) is 12.1 Å². The molecule has 0 bridgehead atoms. The molecule has 0 aliphatic carbocycles. The van der Waals surface area contributed by atoms with Crippen LogP contribution in [0.1, 0.15) is 16.7 Å². The number of nitrogens with one attached hydrogen (secondary N) is 1. The van der Waals surface area contributed by atoms with Gasteiger partial charge < -0.3 is 5.32 Å². The molecule has 2 aromatic carbocycles. The second-order valence-electron chi connectivity index (χ2n) is 4.63. The summed E-state index contributed by atoms with van der Waals surface area (Å²) in [5, 5.41) is 2.85. The molecule has 0 aliphatic heterocycles. The van der Waals surface area contributed by atoms with Crippen LogP contribution in [0, 0.1) is 12.7 Å². The smallest absolute Gasteiger partial charge is 0.381 e. The van der Waals surface area contributed by atoms with Crippen molar-refractivity contribution in [3.8, 4) is 0 Å². The average molecular weight is 318 g/mol. The van der Waals surface area contributed by atoms with Gasteiger partial charge in [0.25, 0.3) is 0 Å². The van der Waals surface area contributed by atoms with Crippen LogP contribution >= 0.6 is 11.6 Å². The third kappa shape index (κ3) is 3.88. The van der Waals surface area contributed by atoms with Gasteiger partial charge in [0.15, 0.2) is 0 Å². The van der Waals surface area contributed by atoms with Crippen LogP contribution in [0.3, 0.4) is 0 Å². The van der Waals surface area contributed by atoms with Crippen molar-refractivity contribution in [2.75, 3.05) is 5.32 Å². The van der Waals surface area contributed by atoms with Crippen LogP contribution in [0.5, 0.6) is 0 Å². The summed E-state index contributed by atoms with van der Waals surface area (Å²) in [6.45, 7) is 1.61. The molecule has 21 heavy (non-hydrogen) atoms. The Morgan fingerprint density at radius 1 is 1.10 bits per heavy atom. The lowest BCUT2D eigenvalue weighted by molar-refractivity contribution is -0.138. The van der Waals surface area contributed by atoms with E-state index in [1.807, 2.05) is 0 Å². The number of benzene rings is 2. The number of aryl methyl sites for hydroxylation is 1. The van der Waals surface area contributed by atoms with Crippen molar-refractivity contribution >= 4 is 17.3 Å². The quantitative estimate of drug-likeness (QED) is 0.745. The van der Waals surface area contributed by atoms with Gasteiger partial charge in [-0.1, -0.05) is 23.7 Å². The Balaban J connectivity index is 2.15. The fraction of sp³-hybridized carbons (Fsp3) is 0.200. The maximum atomic E-state index is 13.3. The number of rotatable bonds is 3. The molecular formula is C15H12ClF4N. The summed E-state index contributed by atoms with van der Waals surface area (Å²) in [5.41, 5.74) is 0.384. The molecule has 0 amide bonds. The maximum absolute atomic E-state index is 13.3. The third-order valence-electron chi connectivity index (χ3n) is 3.02. The normalized spacial score (nSPS) is 11.5. The van der Waals surface area contributed by atoms with Crippen LogP contribution in [0.2, 0.25) is 5.02 Å². The fourth-order valence-electron chi connectivity index (χ4n) is 1.89. The fourth-order valence-corrected chi connectivity index (χ4v) is 2.01. The van der Waals surface area contributed by atoms with Crippen molar-refractivity contribution in [1.82, 2.24) is 0 Å². The van der Waals surface area contributed by atoms with Crippen molar-refractivity contribution in [2.24, 2.45) is 0 Å². The van der Waals surface area contributed by atoms with Gasteiger partial charge in [-0.2, -0.15) is 13.2 Å². The van der Waals surface area contributed by atoms with E-state index in [4.69, 9.17) is 11.6 Å². The summed E-state index contributed by atoms with van der Waals surface area (Å²) >= 11 is 5.57. The number of anilines is 1. The molecule has 0 spiro atoms. The minimum atomic E-state index is -4.39. The third-order valence-corrected chi connectivity index (χ3v) is 3.33. The van der Waals surface area contributed by atoms with E-state index in [0.717, 1.165) is 6.07 Å². The molecule has 0 aliphatic rings. The molecule has 0 saturated carbocycles. The predicted molar refractivity (Wildman–Crippen MR) is 74.9 cm³/mol. The van der Waals surface area contributed by atoms with E-state index < -0.39 is 17.6 Å². The lowest BCUT2D eigenvalue weighted by Gasteiger charge is -2.13. The van der Waals surface area contributed by atoms with Gasteiger partial charge in [-0.3, -0.25) is 0 Å². The Bertz CT molecular complexity index is 653. The van der Waals surface area contributed by atoms with Gasteiger partial charge >= 0.3 is 6.18 Å². The summed E-state index contributed by atoms with van der Waals surface area (Å²) in [6.07, 6.45) is -4.39. The Labute approximate surface area is 124 Å². The minimum absolute atomic E-state index is 0.00782. The van der Waals surface area contributed by atoms with Gasteiger partial charge in [-0.25, -0.2) is 4.39 Å². The molecule has 0 radical (unpaired) electrons. The van der Waals surface area contributed by atoms with E-state index in [-0.39, 0.29) is 17.1 Å². The monoisotopic (exact) mass is 317 g/mol. The zero-order chi connectivity index (χ0) is 15.6. The molecular weight excluding hydrogens is 306 g/mol. The molecule has 0 unspecified atom stereocenters. The Morgan fingerprint density at radius 2 is 1.81 bits per heavy atom. The standard InChI is InChI=1S/C15H12ClF4N/c1-9-2-4-11(7-12(9)15(18,19)20)21-8-10-3-5-13(16)14(17)6-10/h2-7,21H,8H2,1H3. The Morgan fingerprint density at radius 3 is 2.43 bits per heavy atom.